The van der Waals surface area contributed by atoms with Crippen LogP contribution in [0.3, 0.4) is 0 Å². The molecule has 5 rings (SSSR count). The van der Waals surface area contributed by atoms with Crippen LogP contribution in [0.25, 0.3) is 33.2 Å². The Labute approximate surface area is 187 Å². The molecular weight excluding hydrogens is 402 g/mol. The van der Waals surface area contributed by atoms with Crippen LogP contribution in [0.15, 0.2) is 35.4 Å². The maximum atomic E-state index is 13.5. The maximum Gasteiger partial charge on any atom is 0.265 e. The Hall–Kier alpha value is -2.80. The lowest BCUT2D eigenvalue weighted by molar-refractivity contribution is 0.0960. The van der Waals surface area contributed by atoms with Gasteiger partial charge in [0.05, 0.1) is 30.0 Å². The van der Waals surface area contributed by atoms with E-state index in [1.807, 2.05) is 24.3 Å². The largest absolute Gasteiger partial charge is 0.376 e. The lowest BCUT2D eigenvalue weighted by atomic mass is 10.1. The Morgan fingerprint density at radius 3 is 2.59 bits per heavy atom. The first-order chi connectivity index (χ1) is 15.8. The minimum atomic E-state index is -0.0539. The van der Waals surface area contributed by atoms with Gasteiger partial charge >= 0.3 is 0 Å². The van der Waals surface area contributed by atoms with Gasteiger partial charge in [-0.3, -0.25) is 9.36 Å². The van der Waals surface area contributed by atoms with Gasteiger partial charge in [-0.15, -0.1) is 0 Å². The first kappa shape index (κ1) is 21.1. The van der Waals surface area contributed by atoms with E-state index in [4.69, 9.17) is 19.7 Å². The third-order valence-electron chi connectivity index (χ3n) is 6.48. The average molecular weight is 434 g/mol. The molecule has 3 aromatic heterocycles. The molecule has 1 aromatic carbocycles. The summed E-state index contributed by atoms with van der Waals surface area (Å²) in [7, 11) is 0. The van der Waals surface area contributed by atoms with E-state index in [1.165, 1.54) is 25.7 Å². The first-order valence-electron chi connectivity index (χ1n) is 12.0. The summed E-state index contributed by atoms with van der Waals surface area (Å²) in [4.78, 5) is 28.0. The molecule has 1 fully saturated rings. The highest BCUT2D eigenvalue weighted by molar-refractivity contribution is 6.04. The molecule has 0 bridgehead atoms. The van der Waals surface area contributed by atoms with E-state index in [-0.39, 0.29) is 11.7 Å². The number of para-hydroxylation sites is 2. The molecule has 0 radical (unpaired) electrons. The molecule has 0 spiro atoms. The Balaban J connectivity index is 1.57. The van der Waals surface area contributed by atoms with Crippen LogP contribution in [0.2, 0.25) is 0 Å². The number of ether oxygens (including phenoxy) is 1. The zero-order valence-corrected chi connectivity index (χ0v) is 18.8. The molecule has 0 aliphatic carbocycles. The van der Waals surface area contributed by atoms with Gasteiger partial charge < -0.3 is 9.30 Å². The van der Waals surface area contributed by atoms with E-state index < -0.39 is 0 Å². The number of fused-ring (bicyclic) bond motifs is 4. The van der Waals surface area contributed by atoms with Crippen molar-refractivity contribution >= 4 is 33.2 Å². The van der Waals surface area contributed by atoms with Gasteiger partial charge in [-0.2, -0.15) is 0 Å². The highest BCUT2D eigenvalue weighted by Crippen LogP contribution is 2.26. The van der Waals surface area contributed by atoms with Crippen LogP contribution in [0.1, 0.15) is 58.3 Å². The van der Waals surface area contributed by atoms with Gasteiger partial charge in [0.2, 0.25) is 0 Å². The highest BCUT2D eigenvalue weighted by Gasteiger charge is 2.22. The highest BCUT2D eigenvalue weighted by atomic mass is 16.5. The van der Waals surface area contributed by atoms with Crippen LogP contribution in [0.5, 0.6) is 0 Å². The van der Waals surface area contributed by atoms with Crippen molar-refractivity contribution in [2.24, 2.45) is 0 Å². The van der Waals surface area contributed by atoms with Crippen molar-refractivity contribution < 1.29 is 4.74 Å². The van der Waals surface area contributed by atoms with Gasteiger partial charge in [-0.1, -0.05) is 51.2 Å². The van der Waals surface area contributed by atoms with Crippen molar-refractivity contribution in [3.05, 3.63) is 40.9 Å². The van der Waals surface area contributed by atoms with E-state index in [9.17, 15) is 4.79 Å². The van der Waals surface area contributed by atoms with E-state index in [2.05, 4.69) is 11.5 Å². The zero-order chi connectivity index (χ0) is 21.9. The predicted octanol–water partition coefficient (Wildman–Crippen LogP) is 4.83. The predicted molar refractivity (Wildman–Crippen MR) is 127 cm³/mol. The van der Waals surface area contributed by atoms with Gasteiger partial charge in [-0.05, 0) is 31.4 Å². The molecular formula is C25H31N5O2. The van der Waals surface area contributed by atoms with Crippen molar-refractivity contribution in [3.8, 4) is 0 Å². The van der Waals surface area contributed by atoms with E-state index in [0.717, 1.165) is 55.5 Å². The van der Waals surface area contributed by atoms with Crippen LogP contribution >= 0.6 is 0 Å². The quantitative estimate of drug-likeness (QED) is 0.353. The molecule has 7 nitrogen and oxygen atoms in total. The van der Waals surface area contributed by atoms with Crippen LogP contribution in [0.4, 0.5) is 0 Å². The molecule has 0 saturated carbocycles. The topological polar surface area (TPSA) is 74.8 Å². The smallest absolute Gasteiger partial charge is 0.265 e. The summed E-state index contributed by atoms with van der Waals surface area (Å²) < 4.78 is 9.53. The third kappa shape index (κ3) is 4.01. The van der Waals surface area contributed by atoms with Gasteiger partial charge in [0.1, 0.15) is 10.9 Å². The summed E-state index contributed by atoms with van der Waals surface area (Å²) in [5.41, 5.74) is 3.69. The molecule has 168 valence electrons. The summed E-state index contributed by atoms with van der Waals surface area (Å²) in [6.45, 7) is 4.33. The summed E-state index contributed by atoms with van der Waals surface area (Å²) in [6.07, 6.45) is 11.0. The monoisotopic (exact) mass is 433 g/mol. The van der Waals surface area contributed by atoms with Gasteiger partial charge in [0.25, 0.3) is 5.56 Å². The average Bonchev–Trinajstić information content (AvgIpc) is 3.43. The maximum absolute atomic E-state index is 13.5. The molecule has 0 N–H and O–H groups in total. The van der Waals surface area contributed by atoms with Crippen LogP contribution < -0.4 is 5.56 Å². The van der Waals surface area contributed by atoms with Crippen LogP contribution in [0, 0.1) is 0 Å². The third-order valence-corrected chi connectivity index (χ3v) is 6.48. The molecule has 1 saturated heterocycles. The van der Waals surface area contributed by atoms with Crippen molar-refractivity contribution in [3.63, 3.8) is 0 Å². The van der Waals surface area contributed by atoms with Crippen molar-refractivity contribution in [1.82, 2.24) is 24.1 Å². The zero-order valence-electron chi connectivity index (χ0n) is 18.8. The number of nitrogens with zero attached hydrogens (tertiary/aromatic N) is 5. The Morgan fingerprint density at radius 1 is 1.03 bits per heavy atom. The van der Waals surface area contributed by atoms with E-state index in [0.29, 0.717) is 23.1 Å². The number of unbranched alkanes of at least 4 members (excludes halogenated alkanes) is 5. The fourth-order valence-corrected chi connectivity index (χ4v) is 4.74. The van der Waals surface area contributed by atoms with E-state index >= 15 is 0 Å². The second-order valence-corrected chi connectivity index (χ2v) is 8.84. The first-order valence-corrected chi connectivity index (χ1v) is 12.0. The number of hydrogen-bond acceptors (Lipinski definition) is 5. The molecule has 1 aliphatic heterocycles. The lowest BCUT2D eigenvalue weighted by Crippen LogP contribution is -2.26. The van der Waals surface area contributed by atoms with Crippen LogP contribution in [-0.2, 0) is 17.8 Å². The number of hydrogen-bond donors (Lipinski definition) is 0. The van der Waals surface area contributed by atoms with Crippen LogP contribution in [-0.4, -0.2) is 36.8 Å². The number of aromatic nitrogens is 5. The Kier molecular flexibility index (Phi) is 6.17. The summed E-state index contributed by atoms with van der Waals surface area (Å²) >= 11 is 0. The van der Waals surface area contributed by atoms with Gasteiger partial charge in [-0.25, -0.2) is 15.0 Å². The molecule has 4 aromatic rings. The molecule has 7 heteroatoms. The number of benzene rings is 1. The molecule has 0 unspecified atom stereocenters. The summed E-state index contributed by atoms with van der Waals surface area (Å²) in [5.74, 6) is 0. The number of aryl methyl sites for hydroxylation is 1. The van der Waals surface area contributed by atoms with Gasteiger partial charge in [0.15, 0.2) is 11.3 Å². The minimum Gasteiger partial charge on any atom is -0.376 e. The normalized spacial score (nSPS) is 16.6. The fourth-order valence-electron chi connectivity index (χ4n) is 4.74. The van der Waals surface area contributed by atoms with Crippen molar-refractivity contribution in [1.29, 1.82) is 0 Å². The SMILES string of the molecule is CCCCCCCCn1c2nc3ccccc3nc2c2c(=O)n(C[C@@H]3CCCO3)cnc21. The fraction of sp³-hybridized carbons (Fsp3) is 0.520. The molecule has 32 heavy (non-hydrogen) atoms. The Morgan fingerprint density at radius 2 is 1.81 bits per heavy atom. The number of rotatable bonds is 9. The van der Waals surface area contributed by atoms with Crippen molar-refractivity contribution in [2.45, 2.75) is 77.5 Å². The summed E-state index contributed by atoms with van der Waals surface area (Å²) in [6, 6.07) is 7.83. The lowest BCUT2D eigenvalue weighted by Gasteiger charge is -2.11. The van der Waals surface area contributed by atoms with E-state index in [1.54, 1.807) is 10.9 Å². The standard InChI is InChI=1S/C25H31N5O2/c1-2-3-4-5-6-9-14-30-23-21(22-24(30)28-20-13-8-7-12-19(20)27-22)25(31)29(17-26-23)16-18-11-10-15-32-18/h7-8,12-13,17-18H,2-6,9-11,14-16H2,1H3/t18-/m0/s1. The van der Waals surface area contributed by atoms with Crippen molar-refractivity contribution in [2.75, 3.05) is 6.61 Å². The Bertz CT molecular complexity index is 1290. The molecule has 1 aliphatic rings. The molecule has 1 atom stereocenters. The molecule has 0 amide bonds. The summed E-state index contributed by atoms with van der Waals surface area (Å²) in [5, 5.41) is 0.574. The second-order valence-electron chi connectivity index (χ2n) is 8.84. The van der Waals surface area contributed by atoms with Gasteiger partial charge in [0, 0.05) is 13.2 Å². The second kappa shape index (κ2) is 9.36. The minimum absolute atomic E-state index is 0.0539. The molecule has 4 heterocycles.